The summed E-state index contributed by atoms with van der Waals surface area (Å²) in [4.78, 5) is 35.0. The van der Waals surface area contributed by atoms with Crippen molar-refractivity contribution in [1.29, 1.82) is 0 Å². The van der Waals surface area contributed by atoms with Crippen molar-refractivity contribution in [1.82, 2.24) is 15.3 Å². The highest BCUT2D eigenvalue weighted by molar-refractivity contribution is 6.30. The lowest BCUT2D eigenvalue weighted by Crippen LogP contribution is -2.45. The predicted molar refractivity (Wildman–Crippen MR) is 140 cm³/mol. The normalized spacial score (nSPS) is 22.1. The second-order valence-corrected chi connectivity index (χ2v) is 10.7. The van der Waals surface area contributed by atoms with Crippen molar-refractivity contribution >= 4 is 29.1 Å². The van der Waals surface area contributed by atoms with E-state index in [1.807, 2.05) is 0 Å². The first-order valence-electron chi connectivity index (χ1n) is 13.1. The first-order chi connectivity index (χ1) is 20.3. The van der Waals surface area contributed by atoms with Crippen molar-refractivity contribution in [3.63, 3.8) is 0 Å². The van der Waals surface area contributed by atoms with Gasteiger partial charge in [-0.15, -0.1) is 13.2 Å². The first-order valence-corrected chi connectivity index (χ1v) is 13.4. The predicted octanol–water partition coefficient (Wildman–Crippen LogP) is 5.68. The summed E-state index contributed by atoms with van der Waals surface area (Å²) in [7, 11) is 0. The Labute approximate surface area is 245 Å². The van der Waals surface area contributed by atoms with Crippen molar-refractivity contribution in [3.05, 3.63) is 82.1 Å². The molecule has 1 aromatic carbocycles. The van der Waals surface area contributed by atoms with E-state index in [0.29, 0.717) is 25.7 Å². The summed E-state index contributed by atoms with van der Waals surface area (Å²) in [6.45, 7) is -0.000774. The van der Waals surface area contributed by atoms with Gasteiger partial charge in [0.15, 0.2) is 0 Å². The molecule has 0 saturated heterocycles. The van der Waals surface area contributed by atoms with Gasteiger partial charge in [-0.2, -0.15) is 0 Å². The van der Waals surface area contributed by atoms with E-state index in [1.165, 1.54) is 0 Å². The fourth-order valence-electron chi connectivity index (χ4n) is 5.49. The number of hydrogen-bond donors (Lipinski definition) is 2. The minimum absolute atomic E-state index is 0.000774. The van der Waals surface area contributed by atoms with Crippen molar-refractivity contribution < 1.29 is 45.8 Å². The third kappa shape index (κ3) is 6.25. The third-order valence-electron chi connectivity index (χ3n) is 7.50. The van der Waals surface area contributed by atoms with Crippen molar-refractivity contribution in [3.8, 4) is 5.75 Å². The van der Waals surface area contributed by atoms with Gasteiger partial charge < -0.3 is 20.1 Å². The number of aliphatic hydroxyl groups is 1. The molecule has 1 aliphatic carbocycles. The average Bonchev–Trinajstić information content (AvgIpc) is 3.15. The van der Waals surface area contributed by atoms with Crippen LogP contribution in [-0.2, 0) is 10.4 Å². The maximum atomic E-state index is 13.7. The Bertz CT molecular complexity index is 1530. The lowest BCUT2D eigenvalue weighted by atomic mass is 9.85. The molecule has 1 aliphatic heterocycles. The summed E-state index contributed by atoms with van der Waals surface area (Å²) < 4.78 is 83.1. The van der Waals surface area contributed by atoms with Crippen LogP contribution in [0, 0.1) is 11.7 Å². The second-order valence-electron chi connectivity index (χ2n) is 10.3. The number of aromatic nitrogens is 2. The molecule has 8 nitrogen and oxygen atoms in total. The molecule has 2 amide bonds. The molecule has 0 radical (unpaired) electrons. The molecule has 15 heteroatoms. The van der Waals surface area contributed by atoms with Gasteiger partial charge in [-0.1, -0.05) is 11.6 Å². The van der Waals surface area contributed by atoms with Crippen LogP contribution in [0.4, 0.5) is 32.0 Å². The van der Waals surface area contributed by atoms with Crippen LogP contribution in [0.1, 0.15) is 59.4 Å². The Morgan fingerprint density at radius 3 is 2.47 bits per heavy atom. The number of halogens is 7. The molecule has 1 atom stereocenters. The van der Waals surface area contributed by atoms with Gasteiger partial charge >= 0.3 is 6.36 Å². The van der Waals surface area contributed by atoms with E-state index in [9.17, 15) is 41.0 Å². The Hall–Kier alpha value is -3.91. The maximum absolute atomic E-state index is 13.7. The number of nitrogens with one attached hydrogen (secondary N) is 1. The molecule has 3 heterocycles. The lowest BCUT2D eigenvalue weighted by molar-refractivity contribution is -0.274. The number of alkyl halides is 5. The summed E-state index contributed by atoms with van der Waals surface area (Å²) in [6.07, 6.45) is -4.44. The number of rotatable bonds is 7. The molecule has 1 fully saturated rings. The van der Waals surface area contributed by atoms with E-state index < -0.39 is 47.5 Å². The molecule has 228 valence electrons. The van der Waals surface area contributed by atoms with E-state index in [4.69, 9.17) is 11.6 Å². The minimum Gasteiger partial charge on any atom is -0.406 e. The van der Waals surface area contributed by atoms with Gasteiger partial charge in [-0.25, -0.2) is 13.2 Å². The van der Waals surface area contributed by atoms with E-state index >= 15 is 0 Å². The fourth-order valence-corrected chi connectivity index (χ4v) is 5.65. The van der Waals surface area contributed by atoms with Crippen LogP contribution in [0.2, 0.25) is 5.02 Å². The number of anilines is 1. The van der Waals surface area contributed by atoms with Crippen molar-refractivity contribution in [2.45, 2.75) is 50.1 Å². The zero-order chi connectivity index (χ0) is 31.1. The SMILES string of the molecule is O=C(NC1CCC(CN2C(=O)C(O)(c3ccc(F)cn3)c3ccc(OC(F)(F)F)cc32)CC1)c1cc(Cl)cnc1C(F)F. The molecule has 2 aromatic heterocycles. The summed E-state index contributed by atoms with van der Waals surface area (Å²) in [5, 5.41) is 14.3. The number of fused-ring (bicyclic) bond motifs is 1. The molecular formula is C28H23ClF6N4O4. The van der Waals surface area contributed by atoms with Crippen LogP contribution < -0.4 is 15.0 Å². The molecular weight excluding hydrogens is 606 g/mol. The smallest absolute Gasteiger partial charge is 0.406 e. The summed E-state index contributed by atoms with van der Waals surface area (Å²) in [6, 6.07) is 5.92. The summed E-state index contributed by atoms with van der Waals surface area (Å²) in [5.74, 6) is -3.17. The zero-order valence-corrected chi connectivity index (χ0v) is 22.8. The molecule has 43 heavy (non-hydrogen) atoms. The van der Waals surface area contributed by atoms with E-state index in [0.717, 1.165) is 53.7 Å². The lowest BCUT2D eigenvalue weighted by Gasteiger charge is -2.32. The van der Waals surface area contributed by atoms with Crippen LogP contribution in [0.25, 0.3) is 0 Å². The highest BCUT2D eigenvalue weighted by Crippen LogP contribution is 2.46. The van der Waals surface area contributed by atoms with Crippen LogP contribution >= 0.6 is 11.6 Å². The summed E-state index contributed by atoms with van der Waals surface area (Å²) in [5.41, 5.74) is -3.70. The maximum Gasteiger partial charge on any atom is 0.573 e. The molecule has 5 rings (SSSR count). The Morgan fingerprint density at radius 2 is 1.84 bits per heavy atom. The number of carbonyl (C=O) groups is 2. The third-order valence-corrected chi connectivity index (χ3v) is 7.70. The van der Waals surface area contributed by atoms with Gasteiger partial charge in [0.2, 0.25) is 5.60 Å². The molecule has 0 bridgehead atoms. The monoisotopic (exact) mass is 628 g/mol. The molecule has 1 saturated carbocycles. The highest BCUT2D eigenvalue weighted by Gasteiger charge is 2.53. The second kappa shape index (κ2) is 11.6. The number of amides is 2. The Morgan fingerprint density at radius 1 is 1.12 bits per heavy atom. The Balaban J connectivity index is 1.33. The first kappa shape index (κ1) is 30.5. The molecule has 2 N–H and O–H groups in total. The zero-order valence-electron chi connectivity index (χ0n) is 22.0. The summed E-state index contributed by atoms with van der Waals surface area (Å²) >= 11 is 5.84. The molecule has 0 spiro atoms. The number of ether oxygens (including phenoxy) is 1. The molecule has 1 unspecified atom stereocenters. The Kier molecular flexibility index (Phi) is 8.27. The van der Waals surface area contributed by atoms with Crippen molar-refractivity contribution in [2.24, 2.45) is 5.92 Å². The van der Waals surface area contributed by atoms with Gasteiger partial charge in [0, 0.05) is 30.4 Å². The van der Waals surface area contributed by atoms with Crippen molar-refractivity contribution in [2.75, 3.05) is 11.4 Å². The number of carbonyl (C=O) groups excluding carboxylic acids is 2. The number of nitrogens with zero attached hydrogens (tertiary/aromatic N) is 3. The highest BCUT2D eigenvalue weighted by atomic mass is 35.5. The topological polar surface area (TPSA) is 105 Å². The number of benzene rings is 1. The number of hydrogen-bond acceptors (Lipinski definition) is 6. The fraction of sp³-hybridized carbons (Fsp3) is 0.357. The van der Waals surface area contributed by atoms with Crippen LogP contribution in [-0.4, -0.2) is 45.8 Å². The van der Waals surface area contributed by atoms with E-state index in [-0.39, 0.29) is 46.0 Å². The van der Waals surface area contributed by atoms with Gasteiger partial charge in [0.1, 0.15) is 17.3 Å². The number of pyridine rings is 2. The van der Waals surface area contributed by atoms with Gasteiger partial charge in [-0.05, 0) is 61.9 Å². The standard InChI is InChI=1S/C28H23ClF6N4O4/c29-15-9-19(23(24(31)32)37-11-15)25(40)38-17-4-1-14(2-5-17)13-39-21-10-18(43-28(33,34)35)6-7-20(21)27(42,26(39)41)22-8-3-16(30)12-36-22/h3,6-12,14,17,24,42H,1-2,4-5,13H2,(H,38,40). The van der Waals surface area contributed by atoms with Crippen LogP contribution in [0.3, 0.4) is 0 Å². The van der Waals surface area contributed by atoms with E-state index in [2.05, 4.69) is 20.0 Å². The molecule has 2 aliphatic rings. The van der Waals surface area contributed by atoms with Gasteiger partial charge in [-0.3, -0.25) is 19.6 Å². The van der Waals surface area contributed by atoms with Gasteiger partial charge in [0.25, 0.3) is 18.2 Å². The quantitative estimate of drug-likeness (QED) is 0.327. The van der Waals surface area contributed by atoms with Crippen LogP contribution in [0.15, 0.2) is 48.8 Å². The van der Waals surface area contributed by atoms with E-state index in [1.54, 1.807) is 0 Å². The largest absolute Gasteiger partial charge is 0.573 e. The minimum atomic E-state index is -5.00. The molecule has 3 aromatic rings. The van der Waals surface area contributed by atoms with Crippen LogP contribution in [0.5, 0.6) is 5.75 Å². The average molecular weight is 629 g/mol. The van der Waals surface area contributed by atoms with Gasteiger partial charge in [0.05, 0.1) is 28.2 Å².